The van der Waals surface area contributed by atoms with Crippen LogP contribution >= 0.6 is 11.8 Å². The lowest BCUT2D eigenvalue weighted by atomic mass is 10.1. The summed E-state index contributed by atoms with van der Waals surface area (Å²) in [7, 11) is 0. The van der Waals surface area contributed by atoms with Gasteiger partial charge in [-0.3, -0.25) is 0 Å². The van der Waals surface area contributed by atoms with E-state index in [1.165, 1.54) is 0 Å². The van der Waals surface area contributed by atoms with Gasteiger partial charge in [0.2, 0.25) is 11.8 Å². The summed E-state index contributed by atoms with van der Waals surface area (Å²) >= 11 is 1.83. The molecule has 30 heavy (non-hydrogen) atoms. The van der Waals surface area contributed by atoms with Crippen molar-refractivity contribution < 1.29 is 4.74 Å². The molecule has 0 unspecified atom stereocenters. The third kappa shape index (κ3) is 4.05. The fourth-order valence-corrected chi connectivity index (χ4v) is 4.25. The van der Waals surface area contributed by atoms with Crippen LogP contribution in [0.1, 0.15) is 33.6 Å². The summed E-state index contributed by atoms with van der Waals surface area (Å²) < 4.78 is 6.28. The number of thioether (sulfide) groups is 1. The number of nitrogens with zero attached hydrogens (tertiary/aromatic N) is 5. The molecule has 0 saturated carbocycles. The Morgan fingerprint density at radius 1 is 1.10 bits per heavy atom. The second-order valence-electron chi connectivity index (χ2n) is 6.90. The lowest BCUT2D eigenvalue weighted by Crippen LogP contribution is -2.11. The molecule has 0 amide bonds. The number of ether oxygens (including phenoxy) is 1. The number of fused-ring (bicyclic) bond motifs is 1. The normalized spacial score (nSPS) is 12.4. The lowest BCUT2D eigenvalue weighted by Gasteiger charge is -2.20. The van der Waals surface area contributed by atoms with Crippen LogP contribution in [0.15, 0.2) is 30.5 Å². The Kier molecular flexibility index (Phi) is 5.51. The Balaban J connectivity index is 1.71. The number of hydrogen-bond donors (Lipinski definition) is 1. The first-order valence-corrected chi connectivity index (χ1v) is 10.5. The average molecular weight is 414 g/mol. The summed E-state index contributed by atoms with van der Waals surface area (Å²) in [5.41, 5.74) is 5.37. The quantitative estimate of drug-likeness (QED) is 0.662. The lowest BCUT2D eigenvalue weighted by molar-refractivity contribution is 0.449. The zero-order valence-corrected chi connectivity index (χ0v) is 17.4. The van der Waals surface area contributed by atoms with Crippen molar-refractivity contribution in [2.45, 2.75) is 26.0 Å². The van der Waals surface area contributed by atoms with Gasteiger partial charge in [0, 0.05) is 11.3 Å². The largest absolute Gasteiger partial charge is 0.438 e. The van der Waals surface area contributed by atoms with Gasteiger partial charge in [-0.05, 0) is 61.4 Å². The molecule has 0 fully saturated rings. The molecule has 0 aliphatic carbocycles. The molecule has 1 aliphatic rings. The van der Waals surface area contributed by atoms with Gasteiger partial charge in [0.1, 0.15) is 17.5 Å². The van der Waals surface area contributed by atoms with Crippen molar-refractivity contribution in [3.63, 3.8) is 0 Å². The van der Waals surface area contributed by atoms with Crippen LogP contribution in [-0.4, -0.2) is 20.7 Å². The van der Waals surface area contributed by atoms with E-state index >= 15 is 0 Å². The van der Waals surface area contributed by atoms with E-state index < -0.39 is 0 Å². The zero-order chi connectivity index (χ0) is 21.1. The number of benzene rings is 1. The predicted octanol–water partition coefficient (Wildman–Crippen LogP) is 4.56. The van der Waals surface area contributed by atoms with E-state index in [2.05, 4.69) is 26.3 Å². The van der Waals surface area contributed by atoms with Crippen LogP contribution in [0.3, 0.4) is 0 Å². The van der Waals surface area contributed by atoms with E-state index in [0.717, 1.165) is 40.3 Å². The summed E-state index contributed by atoms with van der Waals surface area (Å²) in [6.07, 6.45) is 2.41. The van der Waals surface area contributed by atoms with Gasteiger partial charge in [0.05, 0.1) is 29.2 Å². The Morgan fingerprint density at radius 2 is 1.90 bits per heavy atom. The molecule has 1 aromatic carbocycles. The zero-order valence-electron chi connectivity index (χ0n) is 16.6. The van der Waals surface area contributed by atoms with E-state index in [9.17, 15) is 5.26 Å². The summed E-state index contributed by atoms with van der Waals surface area (Å²) in [6, 6.07) is 11.2. The summed E-state index contributed by atoms with van der Waals surface area (Å²) in [4.78, 5) is 13.4. The van der Waals surface area contributed by atoms with E-state index in [1.54, 1.807) is 18.3 Å². The Morgan fingerprint density at radius 3 is 2.57 bits per heavy atom. The number of aryl methyl sites for hydroxylation is 3. The highest BCUT2D eigenvalue weighted by atomic mass is 32.2. The molecular formula is C22H18N6OS. The summed E-state index contributed by atoms with van der Waals surface area (Å²) in [5.74, 6) is 3.43. The molecular weight excluding hydrogens is 396 g/mol. The number of nitrogens with one attached hydrogen (secondary N) is 1. The maximum Gasteiger partial charge on any atom is 0.230 e. The molecule has 0 radical (unpaired) electrons. The average Bonchev–Trinajstić information content (AvgIpc) is 2.76. The van der Waals surface area contributed by atoms with Crippen molar-refractivity contribution in [2.24, 2.45) is 0 Å². The molecule has 3 heterocycles. The predicted molar refractivity (Wildman–Crippen MR) is 115 cm³/mol. The van der Waals surface area contributed by atoms with Crippen molar-refractivity contribution in [1.29, 1.82) is 10.5 Å². The van der Waals surface area contributed by atoms with Gasteiger partial charge >= 0.3 is 0 Å². The molecule has 7 nitrogen and oxygen atoms in total. The minimum absolute atomic E-state index is 0.347. The molecule has 0 saturated heterocycles. The number of nitriles is 2. The number of hydrogen-bond acceptors (Lipinski definition) is 8. The van der Waals surface area contributed by atoms with Gasteiger partial charge in [-0.25, -0.2) is 9.97 Å². The number of pyridine rings is 1. The van der Waals surface area contributed by atoms with Gasteiger partial charge in [0.25, 0.3) is 0 Å². The SMILES string of the molecule is Cc1cc(C#N)cc(C)c1Oc1nc(Nc2ccc(C#N)nc2)nc2c1CSCC2. The van der Waals surface area contributed by atoms with Crippen LogP contribution in [0, 0.1) is 36.5 Å². The molecule has 2 aromatic heterocycles. The highest BCUT2D eigenvalue weighted by Crippen LogP contribution is 2.36. The standard InChI is InChI=1S/C22H18N6OS/c1-13-7-15(9-23)8-14(2)20(13)29-21-18-12-30-6-5-19(18)27-22(28-21)26-17-4-3-16(10-24)25-11-17/h3-4,7-8,11H,5-6,12H2,1-2H3,(H,26,27,28). The topological polar surface area (TPSA) is 108 Å². The highest BCUT2D eigenvalue weighted by Gasteiger charge is 2.21. The van der Waals surface area contributed by atoms with Crippen LogP contribution in [0.25, 0.3) is 0 Å². The molecule has 8 heteroatoms. The highest BCUT2D eigenvalue weighted by molar-refractivity contribution is 7.98. The smallest absolute Gasteiger partial charge is 0.230 e. The molecule has 3 aromatic rings. The van der Waals surface area contributed by atoms with E-state index in [4.69, 9.17) is 10.00 Å². The molecule has 0 bridgehead atoms. The minimum Gasteiger partial charge on any atom is -0.438 e. The first-order chi connectivity index (χ1) is 14.6. The third-order valence-electron chi connectivity index (χ3n) is 4.71. The first-order valence-electron chi connectivity index (χ1n) is 9.37. The van der Waals surface area contributed by atoms with Crippen molar-refractivity contribution in [3.05, 3.63) is 64.1 Å². The van der Waals surface area contributed by atoms with Crippen LogP contribution in [0.5, 0.6) is 11.6 Å². The molecule has 148 valence electrons. The van der Waals surface area contributed by atoms with Gasteiger partial charge in [-0.15, -0.1) is 0 Å². The van der Waals surface area contributed by atoms with Gasteiger partial charge in [-0.1, -0.05) is 0 Å². The van der Waals surface area contributed by atoms with Crippen molar-refractivity contribution in [2.75, 3.05) is 11.1 Å². The molecule has 1 aliphatic heterocycles. The van der Waals surface area contributed by atoms with Crippen molar-refractivity contribution in [3.8, 4) is 23.8 Å². The maximum atomic E-state index is 9.19. The molecule has 4 rings (SSSR count). The van der Waals surface area contributed by atoms with Crippen LogP contribution in [0.2, 0.25) is 0 Å². The second kappa shape index (κ2) is 8.40. The Bertz CT molecular complexity index is 1170. The van der Waals surface area contributed by atoms with Gasteiger partial charge < -0.3 is 10.1 Å². The molecule has 1 N–H and O–H groups in total. The minimum atomic E-state index is 0.347. The Hall–Kier alpha value is -3.62. The first kappa shape index (κ1) is 19.7. The summed E-state index contributed by atoms with van der Waals surface area (Å²) in [5, 5.41) is 21.3. The molecule has 0 atom stereocenters. The van der Waals surface area contributed by atoms with Crippen molar-refractivity contribution >= 4 is 23.4 Å². The van der Waals surface area contributed by atoms with E-state index in [0.29, 0.717) is 34.5 Å². The van der Waals surface area contributed by atoms with Crippen LogP contribution < -0.4 is 10.1 Å². The van der Waals surface area contributed by atoms with Gasteiger partial charge in [-0.2, -0.15) is 27.3 Å². The number of aromatic nitrogens is 3. The third-order valence-corrected chi connectivity index (χ3v) is 5.69. The Labute approximate surface area is 178 Å². The van der Waals surface area contributed by atoms with Crippen LogP contribution in [-0.2, 0) is 12.2 Å². The number of anilines is 2. The van der Waals surface area contributed by atoms with E-state index in [-0.39, 0.29) is 0 Å². The fraction of sp³-hybridized carbons (Fsp3) is 0.227. The fourth-order valence-electron chi connectivity index (χ4n) is 3.28. The molecule has 0 spiro atoms. The van der Waals surface area contributed by atoms with Gasteiger partial charge in [0.15, 0.2) is 0 Å². The maximum absolute atomic E-state index is 9.19. The van der Waals surface area contributed by atoms with Crippen LogP contribution in [0.4, 0.5) is 11.6 Å². The van der Waals surface area contributed by atoms with Crippen molar-refractivity contribution in [1.82, 2.24) is 15.0 Å². The summed E-state index contributed by atoms with van der Waals surface area (Å²) in [6.45, 7) is 3.85. The van der Waals surface area contributed by atoms with E-state index in [1.807, 2.05) is 43.8 Å². The second-order valence-corrected chi connectivity index (χ2v) is 8.01. The number of rotatable bonds is 4. The monoisotopic (exact) mass is 414 g/mol.